The first kappa shape index (κ1) is 10.9. The van der Waals surface area contributed by atoms with E-state index in [1.165, 1.54) is 0 Å². The Morgan fingerprint density at radius 1 is 1.44 bits per heavy atom. The monoisotopic (exact) mass is 216 g/mol. The molecule has 4 heteroatoms. The number of rotatable bonds is 1. The van der Waals surface area contributed by atoms with Gasteiger partial charge in [-0.2, -0.15) is 5.26 Å². The molecule has 2 heterocycles. The lowest BCUT2D eigenvalue weighted by Gasteiger charge is -2.38. The Morgan fingerprint density at radius 3 is 2.94 bits per heavy atom. The van der Waals surface area contributed by atoms with Gasteiger partial charge in [-0.05, 0) is 26.1 Å². The third-order valence-corrected chi connectivity index (χ3v) is 3.13. The number of piperazine rings is 1. The summed E-state index contributed by atoms with van der Waals surface area (Å²) in [5.41, 5.74) is 0.490. The van der Waals surface area contributed by atoms with Gasteiger partial charge in [-0.25, -0.2) is 4.98 Å². The molecule has 1 aromatic rings. The van der Waals surface area contributed by atoms with Gasteiger partial charge in [0.05, 0.1) is 0 Å². The molecular formula is C12H16N4. The molecule has 1 fully saturated rings. The van der Waals surface area contributed by atoms with E-state index >= 15 is 0 Å². The van der Waals surface area contributed by atoms with Crippen molar-refractivity contribution in [3.05, 3.63) is 23.9 Å². The molecule has 0 saturated carbocycles. The van der Waals surface area contributed by atoms with Gasteiger partial charge >= 0.3 is 0 Å². The van der Waals surface area contributed by atoms with Crippen LogP contribution in [0.25, 0.3) is 0 Å². The van der Waals surface area contributed by atoms with Crippen molar-refractivity contribution in [2.75, 3.05) is 31.6 Å². The van der Waals surface area contributed by atoms with Crippen molar-refractivity contribution < 1.29 is 0 Å². The van der Waals surface area contributed by atoms with Gasteiger partial charge in [0.15, 0.2) is 0 Å². The first-order valence-corrected chi connectivity index (χ1v) is 5.53. The maximum Gasteiger partial charge on any atom is 0.142 e. The second kappa shape index (κ2) is 4.50. The summed E-state index contributed by atoms with van der Waals surface area (Å²) in [7, 11) is 2.14. The maximum atomic E-state index is 8.82. The number of hydrogen-bond donors (Lipinski definition) is 0. The summed E-state index contributed by atoms with van der Waals surface area (Å²) in [6.45, 7) is 5.20. The average Bonchev–Trinajstić information content (AvgIpc) is 2.33. The lowest BCUT2D eigenvalue weighted by molar-refractivity contribution is 0.233. The zero-order valence-electron chi connectivity index (χ0n) is 9.72. The Bertz CT molecular complexity index is 410. The van der Waals surface area contributed by atoms with E-state index in [0.29, 0.717) is 11.7 Å². The molecule has 84 valence electrons. The Kier molecular flexibility index (Phi) is 3.07. The molecule has 0 radical (unpaired) electrons. The molecule has 1 atom stereocenters. The van der Waals surface area contributed by atoms with Gasteiger partial charge in [0.1, 0.15) is 17.6 Å². The number of likely N-dealkylation sites (N-methyl/N-ethyl adjacent to an activating group) is 1. The van der Waals surface area contributed by atoms with Crippen LogP contribution < -0.4 is 4.90 Å². The van der Waals surface area contributed by atoms with E-state index in [2.05, 4.69) is 34.8 Å². The van der Waals surface area contributed by atoms with Crippen molar-refractivity contribution in [1.29, 1.82) is 5.26 Å². The molecule has 1 aliphatic heterocycles. The fourth-order valence-electron chi connectivity index (χ4n) is 1.92. The van der Waals surface area contributed by atoms with Gasteiger partial charge in [-0.1, -0.05) is 6.07 Å². The van der Waals surface area contributed by atoms with Gasteiger partial charge in [-0.15, -0.1) is 0 Å². The van der Waals surface area contributed by atoms with Crippen molar-refractivity contribution >= 4 is 5.82 Å². The molecule has 0 N–H and O–H groups in total. The second-order valence-corrected chi connectivity index (χ2v) is 4.27. The molecule has 0 unspecified atom stereocenters. The summed E-state index contributed by atoms with van der Waals surface area (Å²) in [6, 6.07) is 8.21. The molecule has 2 rings (SSSR count). The summed E-state index contributed by atoms with van der Waals surface area (Å²) in [6.07, 6.45) is 0. The zero-order chi connectivity index (χ0) is 11.5. The number of hydrogen-bond acceptors (Lipinski definition) is 4. The molecule has 1 aromatic heterocycles. The SMILES string of the molecule is C[C@H]1CN(c2cccc(C#N)n2)CCN1C. The molecule has 0 bridgehead atoms. The fourth-order valence-corrected chi connectivity index (χ4v) is 1.92. The topological polar surface area (TPSA) is 43.2 Å². The normalized spacial score (nSPS) is 21.8. The lowest BCUT2D eigenvalue weighted by atomic mass is 10.2. The lowest BCUT2D eigenvalue weighted by Crippen LogP contribution is -2.50. The molecule has 4 nitrogen and oxygen atoms in total. The Labute approximate surface area is 96.1 Å². The van der Waals surface area contributed by atoms with Crippen molar-refractivity contribution in [3.63, 3.8) is 0 Å². The molecule has 1 saturated heterocycles. The molecule has 16 heavy (non-hydrogen) atoms. The Morgan fingerprint density at radius 2 is 2.25 bits per heavy atom. The van der Waals surface area contributed by atoms with Crippen LogP contribution in [-0.2, 0) is 0 Å². The number of nitriles is 1. The van der Waals surface area contributed by atoms with Gasteiger partial charge in [0, 0.05) is 25.7 Å². The molecule has 1 aliphatic rings. The minimum atomic E-state index is 0.490. The molecule has 0 aromatic carbocycles. The highest BCUT2D eigenvalue weighted by Gasteiger charge is 2.21. The molecule has 0 spiro atoms. The number of pyridine rings is 1. The van der Waals surface area contributed by atoms with Crippen LogP contribution in [0, 0.1) is 11.3 Å². The zero-order valence-corrected chi connectivity index (χ0v) is 9.72. The van der Waals surface area contributed by atoms with Crippen LogP contribution in [0.5, 0.6) is 0 Å². The summed E-state index contributed by atoms with van der Waals surface area (Å²) in [5, 5.41) is 8.82. The highest BCUT2D eigenvalue weighted by molar-refractivity contribution is 5.42. The fraction of sp³-hybridized carbons (Fsp3) is 0.500. The average molecular weight is 216 g/mol. The van der Waals surface area contributed by atoms with E-state index in [0.717, 1.165) is 25.5 Å². The van der Waals surface area contributed by atoms with Crippen LogP contribution in [0.3, 0.4) is 0 Å². The second-order valence-electron chi connectivity index (χ2n) is 4.27. The predicted molar refractivity (Wildman–Crippen MR) is 63.3 cm³/mol. The number of aromatic nitrogens is 1. The molecular weight excluding hydrogens is 200 g/mol. The maximum absolute atomic E-state index is 8.82. The first-order chi connectivity index (χ1) is 7.70. The van der Waals surface area contributed by atoms with Gasteiger partial charge in [0.2, 0.25) is 0 Å². The standard InChI is InChI=1S/C12H16N4/c1-10-9-16(7-6-15(10)2)12-5-3-4-11(8-13)14-12/h3-5,10H,6-7,9H2,1-2H3/t10-/m0/s1. The first-order valence-electron chi connectivity index (χ1n) is 5.53. The largest absolute Gasteiger partial charge is 0.354 e. The van der Waals surface area contributed by atoms with E-state index in [-0.39, 0.29) is 0 Å². The van der Waals surface area contributed by atoms with E-state index in [1.807, 2.05) is 12.1 Å². The quantitative estimate of drug-likeness (QED) is 0.705. The van der Waals surface area contributed by atoms with Gasteiger partial charge in [-0.3, -0.25) is 0 Å². The number of anilines is 1. The van der Waals surface area contributed by atoms with Crippen LogP contribution in [0.2, 0.25) is 0 Å². The smallest absolute Gasteiger partial charge is 0.142 e. The van der Waals surface area contributed by atoms with Gasteiger partial charge in [0.25, 0.3) is 0 Å². The van der Waals surface area contributed by atoms with Gasteiger partial charge < -0.3 is 9.80 Å². The molecule has 0 amide bonds. The third kappa shape index (κ3) is 2.15. The highest BCUT2D eigenvalue weighted by Crippen LogP contribution is 2.16. The molecule has 0 aliphatic carbocycles. The van der Waals surface area contributed by atoms with Crippen LogP contribution in [0.4, 0.5) is 5.82 Å². The van der Waals surface area contributed by atoms with Crippen LogP contribution >= 0.6 is 0 Å². The summed E-state index contributed by atoms with van der Waals surface area (Å²) in [5.74, 6) is 0.916. The summed E-state index contributed by atoms with van der Waals surface area (Å²) >= 11 is 0. The van der Waals surface area contributed by atoms with Crippen molar-refractivity contribution in [2.24, 2.45) is 0 Å². The Hall–Kier alpha value is -1.60. The van der Waals surface area contributed by atoms with Crippen molar-refractivity contribution in [3.8, 4) is 6.07 Å². The summed E-state index contributed by atoms with van der Waals surface area (Å²) < 4.78 is 0. The van der Waals surface area contributed by atoms with E-state index in [9.17, 15) is 0 Å². The van der Waals surface area contributed by atoms with Crippen molar-refractivity contribution in [2.45, 2.75) is 13.0 Å². The highest BCUT2D eigenvalue weighted by atomic mass is 15.3. The third-order valence-electron chi connectivity index (χ3n) is 3.13. The number of nitrogens with zero attached hydrogens (tertiary/aromatic N) is 4. The summed E-state index contributed by atoms with van der Waals surface area (Å²) in [4.78, 5) is 8.90. The minimum absolute atomic E-state index is 0.490. The van der Waals surface area contributed by atoms with E-state index in [4.69, 9.17) is 5.26 Å². The Balaban J connectivity index is 2.16. The van der Waals surface area contributed by atoms with Crippen molar-refractivity contribution in [1.82, 2.24) is 9.88 Å². The van der Waals surface area contributed by atoms with Crippen LogP contribution in [0.1, 0.15) is 12.6 Å². The van der Waals surface area contributed by atoms with Crippen LogP contribution in [0.15, 0.2) is 18.2 Å². The minimum Gasteiger partial charge on any atom is -0.354 e. The van der Waals surface area contributed by atoms with Crippen LogP contribution in [-0.4, -0.2) is 42.6 Å². The van der Waals surface area contributed by atoms with E-state index in [1.54, 1.807) is 6.07 Å². The predicted octanol–water partition coefficient (Wildman–Crippen LogP) is 1.09. The van der Waals surface area contributed by atoms with E-state index < -0.39 is 0 Å².